The molecule has 180 valence electrons. The number of carbonyl (C=O) groups excluding carboxylic acids is 5. The van der Waals surface area contributed by atoms with Gasteiger partial charge in [0.25, 0.3) is 11.8 Å². The van der Waals surface area contributed by atoms with E-state index in [4.69, 9.17) is 9.47 Å². The zero-order valence-corrected chi connectivity index (χ0v) is 20.0. The largest absolute Gasteiger partial charge is 0.462 e. The van der Waals surface area contributed by atoms with Gasteiger partial charge >= 0.3 is 18.0 Å². The standard InChI is InChI=1S/C23H25N3O7S/c1-5-32-20(29)17-15(14-9-7-6-8-10-14)12-34-19(17)24-18(28)13(2)33-16(27)11-26-21(30)23(3,4)25-22(26)31/h6-10,12-13H,5,11H2,1-4H3,(H,24,28)(H,25,31). The van der Waals surface area contributed by atoms with Gasteiger partial charge in [0.2, 0.25) is 0 Å². The van der Waals surface area contributed by atoms with Gasteiger partial charge < -0.3 is 20.1 Å². The molecule has 1 fully saturated rings. The number of imide groups is 1. The van der Waals surface area contributed by atoms with Crippen molar-refractivity contribution in [2.24, 2.45) is 0 Å². The summed E-state index contributed by atoms with van der Waals surface area (Å²) in [6, 6.07) is 8.45. The number of amides is 4. The SMILES string of the molecule is CCOC(=O)c1c(-c2ccccc2)csc1NC(=O)C(C)OC(=O)CN1C(=O)NC(C)(C)C1=O. The molecule has 1 atom stereocenters. The van der Waals surface area contributed by atoms with Gasteiger partial charge in [-0.15, -0.1) is 11.3 Å². The summed E-state index contributed by atoms with van der Waals surface area (Å²) in [6.45, 7) is 5.58. The van der Waals surface area contributed by atoms with Crippen LogP contribution in [-0.4, -0.2) is 59.5 Å². The first-order chi connectivity index (χ1) is 16.0. The molecule has 1 aromatic carbocycles. The highest BCUT2D eigenvalue weighted by Crippen LogP contribution is 2.36. The lowest BCUT2D eigenvalue weighted by Gasteiger charge is -2.17. The summed E-state index contributed by atoms with van der Waals surface area (Å²) in [5, 5.41) is 7.05. The van der Waals surface area contributed by atoms with Crippen molar-refractivity contribution in [3.8, 4) is 11.1 Å². The first-order valence-electron chi connectivity index (χ1n) is 10.5. The number of urea groups is 1. The number of rotatable bonds is 8. The molecule has 10 nitrogen and oxygen atoms in total. The Morgan fingerprint density at radius 1 is 1.18 bits per heavy atom. The number of carbonyl (C=O) groups is 5. The third kappa shape index (κ3) is 5.25. The normalized spacial score (nSPS) is 15.5. The van der Waals surface area contributed by atoms with Gasteiger partial charge in [-0.25, -0.2) is 9.59 Å². The topological polar surface area (TPSA) is 131 Å². The van der Waals surface area contributed by atoms with Crippen LogP contribution in [0.4, 0.5) is 9.80 Å². The molecule has 0 spiro atoms. The van der Waals surface area contributed by atoms with Gasteiger partial charge in [0, 0.05) is 10.9 Å². The smallest absolute Gasteiger partial charge is 0.341 e. The zero-order valence-electron chi connectivity index (χ0n) is 19.2. The van der Waals surface area contributed by atoms with Crippen molar-refractivity contribution in [1.82, 2.24) is 10.2 Å². The predicted molar refractivity (Wildman–Crippen MR) is 124 cm³/mol. The molecule has 0 aliphatic carbocycles. The summed E-state index contributed by atoms with van der Waals surface area (Å²) in [5.41, 5.74) is 0.453. The summed E-state index contributed by atoms with van der Waals surface area (Å²) < 4.78 is 10.3. The van der Waals surface area contributed by atoms with Crippen LogP contribution >= 0.6 is 11.3 Å². The fourth-order valence-electron chi connectivity index (χ4n) is 3.28. The van der Waals surface area contributed by atoms with Crippen LogP contribution in [0.1, 0.15) is 38.1 Å². The minimum atomic E-state index is -1.25. The summed E-state index contributed by atoms with van der Waals surface area (Å²) >= 11 is 1.14. The second-order valence-electron chi connectivity index (χ2n) is 8.01. The van der Waals surface area contributed by atoms with E-state index in [0.717, 1.165) is 21.8 Å². The first kappa shape index (κ1) is 24.9. The Morgan fingerprint density at radius 3 is 2.44 bits per heavy atom. The number of nitrogens with zero attached hydrogens (tertiary/aromatic N) is 1. The lowest BCUT2D eigenvalue weighted by atomic mass is 10.0. The minimum Gasteiger partial charge on any atom is -0.462 e. The third-order valence-corrected chi connectivity index (χ3v) is 5.90. The van der Waals surface area contributed by atoms with E-state index < -0.39 is 48.0 Å². The molecule has 11 heteroatoms. The van der Waals surface area contributed by atoms with Crippen LogP contribution in [0.5, 0.6) is 0 Å². The van der Waals surface area contributed by atoms with Crippen molar-refractivity contribution in [2.75, 3.05) is 18.5 Å². The van der Waals surface area contributed by atoms with E-state index >= 15 is 0 Å². The van der Waals surface area contributed by atoms with Crippen molar-refractivity contribution in [3.05, 3.63) is 41.3 Å². The molecule has 1 aliphatic rings. The highest BCUT2D eigenvalue weighted by Gasteiger charge is 2.45. The molecule has 2 heterocycles. The molecule has 1 aromatic heterocycles. The van der Waals surface area contributed by atoms with E-state index in [0.29, 0.717) is 5.56 Å². The number of thiophene rings is 1. The van der Waals surface area contributed by atoms with Gasteiger partial charge in [0.1, 0.15) is 22.6 Å². The van der Waals surface area contributed by atoms with Gasteiger partial charge in [-0.05, 0) is 33.3 Å². The molecular formula is C23H25N3O7S. The molecule has 1 aliphatic heterocycles. The van der Waals surface area contributed by atoms with Gasteiger partial charge in [-0.3, -0.25) is 19.3 Å². The van der Waals surface area contributed by atoms with Crippen LogP contribution in [0.2, 0.25) is 0 Å². The minimum absolute atomic E-state index is 0.157. The van der Waals surface area contributed by atoms with Crippen molar-refractivity contribution in [1.29, 1.82) is 0 Å². The Kier molecular flexibility index (Phi) is 7.35. The number of hydrogen-bond acceptors (Lipinski definition) is 8. The van der Waals surface area contributed by atoms with Crippen LogP contribution in [0.3, 0.4) is 0 Å². The van der Waals surface area contributed by atoms with E-state index in [2.05, 4.69) is 10.6 Å². The van der Waals surface area contributed by atoms with Gasteiger partial charge in [-0.2, -0.15) is 0 Å². The van der Waals surface area contributed by atoms with E-state index in [-0.39, 0.29) is 17.2 Å². The fraction of sp³-hybridized carbons (Fsp3) is 0.348. The van der Waals surface area contributed by atoms with Crippen molar-refractivity contribution in [2.45, 2.75) is 39.3 Å². The Labute approximate surface area is 200 Å². The number of nitrogens with one attached hydrogen (secondary N) is 2. The third-order valence-electron chi connectivity index (χ3n) is 5.00. The van der Waals surface area contributed by atoms with Crippen molar-refractivity contribution in [3.63, 3.8) is 0 Å². The lowest BCUT2D eigenvalue weighted by molar-refractivity contribution is -0.155. The maximum Gasteiger partial charge on any atom is 0.341 e. The molecule has 2 N–H and O–H groups in total. The highest BCUT2D eigenvalue weighted by atomic mass is 32.1. The number of ether oxygens (including phenoxy) is 2. The summed E-state index contributed by atoms with van der Waals surface area (Å²) in [5.74, 6) is -2.77. The molecule has 1 saturated heterocycles. The van der Waals surface area contributed by atoms with Crippen LogP contribution < -0.4 is 10.6 Å². The second kappa shape index (κ2) is 10.0. The van der Waals surface area contributed by atoms with Crippen LogP contribution in [-0.2, 0) is 23.9 Å². The average molecular weight is 488 g/mol. The van der Waals surface area contributed by atoms with Gasteiger partial charge in [0.15, 0.2) is 6.10 Å². The molecular weight excluding hydrogens is 462 g/mol. The van der Waals surface area contributed by atoms with Crippen molar-refractivity contribution >= 4 is 46.1 Å². The average Bonchev–Trinajstić information content (AvgIpc) is 3.28. The molecule has 3 rings (SSSR count). The fourth-order valence-corrected chi connectivity index (χ4v) is 4.24. The number of hydrogen-bond donors (Lipinski definition) is 2. The van der Waals surface area contributed by atoms with Crippen LogP contribution in [0, 0.1) is 0 Å². The molecule has 34 heavy (non-hydrogen) atoms. The molecule has 0 bridgehead atoms. The quantitative estimate of drug-likeness (QED) is 0.432. The second-order valence-corrected chi connectivity index (χ2v) is 8.89. The van der Waals surface area contributed by atoms with Crippen LogP contribution in [0.15, 0.2) is 35.7 Å². The maximum atomic E-state index is 12.7. The van der Waals surface area contributed by atoms with E-state index in [1.54, 1.807) is 12.3 Å². The highest BCUT2D eigenvalue weighted by molar-refractivity contribution is 7.15. The number of benzene rings is 1. The predicted octanol–water partition coefficient (Wildman–Crippen LogP) is 2.79. The van der Waals surface area contributed by atoms with E-state index in [1.807, 2.05) is 30.3 Å². The van der Waals surface area contributed by atoms with E-state index in [9.17, 15) is 24.0 Å². The molecule has 0 saturated carbocycles. The summed E-state index contributed by atoms with van der Waals surface area (Å²) in [4.78, 5) is 62.5. The molecule has 1 unspecified atom stereocenters. The van der Waals surface area contributed by atoms with Crippen molar-refractivity contribution < 1.29 is 33.4 Å². The maximum absolute atomic E-state index is 12.7. The first-order valence-corrected chi connectivity index (χ1v) is 11.4. The van der Waals surface area contributed by atoms with Gasteiger partial charge in [0.05, 0.1) is 6.61 Å². The molecule has 0 radical (unpaired) electrons. The lowest BCUT2D eigenvalue weighted by Crippen LogP contribution is -2.42. The Balaban J connectivity index is 1.71. The van der Waals surface area contributed by atoms with Gasteiger partial charge in [-0.1, -0.05) is 30.3 Å². The summed E-state index contributed by atoms with van der Waals surface area (Å²) in [7, 11) is 0. The molecule has 4 amide bonds. The summed E-state index contributed by atoms with van der Waals surface area (Å²) in [6.07, 6.45) is -1.25. The van der Waals surface area contributed by atoms with Crippen LogP contribution in [0.25, 0.3) is 11.1 Å². The number of anilines is 1. The Hall–Kier alpha value is -3.73. The number of esters is 2. The monoisotopic (exact) mass is 487 g/mol. The Bertz CT molecular complexity index is 1130. The zero-order chi connectivity index (χ0) is 25.0. The van der Waals surface area contributed by atoms with E-state index in [1.165, 1.54) is 20.8 Å². The Morgan fingerprint density at radius 2 is 1.85 bits per heavy atom. The molecule has 2 aromatic rings.